The molecule has 0 radical (unpaired) electrons. The number of hydrogen-bond donors (Lipinski definition) is 2. The highest BCUT2D eigenvalue weighted by Gasteiger charge is 2.29. The smallest absolute Gasteiger partial charge is 0.251 e. The van der Waals surface area contributed by atoms with Crippen molar-refractivity contribution in [2.75, 3.05) is 38.0 Å². The minimum Gasteiger partial charge on any atom is -0.366 e. The summed E-state index contributed by atoms with van der Waals surface area (Å²) in [6.45, 7) is 1.09. The number of nitrogens with two attached hydrogens (primary N) is 1. The number of carbonyl (C=O) groups is 2. The average Bonchev–Trinajstić information content (AvgIpc) is 3.12. The molecule has 0 unspecified atom stereocenters. The molecule has 8 nitrogen and oxygen atoms in total. The summed E-state index contributed by atoms with van der Waals surface area (Å²) in [5.41, 5.74) is 5.50. The van der Waals surface area contributed by atoms with Gasteiger partial charge in [0.15, 0.2) is 0 Å². The van der Waals surface area contributed by atoms with Crippen molar-refractivity contribution in [3.63, 3.8) is 0 Å². The summed E-state index contributed by atoms with van der Waals surface area (Å²) >= 11 is 6.88. The van der Waals surface area contributed by atoms with Gasteiger partial charge >= 0.3 is 0 Å². The highest BCUT2D eigenvalue weighted by Crippen LogP contribution is 2.24. The Kier molecular flexibility index (Phi) is 6.54. The maximum absolute atomic E-state index is 13.3. The Bertz CT molecular complexity index is 1040. The first-order valence-electron chi connectivity index (χ1n) is 8.53. The third-order valence-corrected chi connectivity index (χ3v) is 7.43. The summed E-state index contributed by atoms with van der Waals surface area (Å²) in [6.07, 6.45) is 0. The van der Waals surface area contributed by atoms with Gasteiger partial charge in [-0.2, -0.15) is 4.31 Å². The summed E-state index contributed by atoms with van der Waals surface area (Å²) in [5.74, 6) is -1.63. The standard InChI is InChI=1S/C17H18ClFN4O4S2/c18-13-9-11(1-2-14(13)19)29(26,27)23-6-4-22(5-7-23)10-15(24)21-17-12(16(20)25)3-8-28-17/h1-3,8-9H,4-7,10H2,(H2,20,25)(H,21,24). The molecule has 0 saturated carbocycles. The number of anilines is 1. The van der Waals surface area contributed by atoms with Crippen molar-refractivity contribution in [1.29, 1.82) is 0 Å². The zero-order chi connectivity index (χ0) is 21.2. The van der Waals surface area contributed by atoms with E-state index in [1.54, 1.807) is 10.3 Å². The van der Waals surface area contributed by atoms with Crippen molar-refractivity contribution >= 4 is 49.8 Å². The van der Waals surface area contributed by atoms with Gasteiger partial charge < -0.3 is 11.1 Å². The number of thiophene rings is 1. The fraction of sp³-hybridized carbons (Fsp3) is 0.294. The van der Waals surface area contributed by atoms with E-state index in [1.165, 1.54) is 27.8 Å². The Hall–Kier alpha value is -2.05. The lowest BCUT2D eigenvalue weighted by Gasteiger charge is -2.33. The molecule has 0 spiro atoms. The summed E-state index contributed by atoms with van der Waals surface area (Å²) in [5, 5.41) is 4.43. The Morgan fingerprint density at radius 3 is 2.52 bits per heavy atom. The summed E-state index contributed by atoms with van der Waals surface area (Å²) in [4.78, 5) is 25.3. The van der Waals surface area contributed by atoms with Gasteiger partial charge in [0.2, 0.25) is 15.9 Å². The van der Waals surface area contributed by atoms with Crippen molar-refractivity contribution in [3.8, 4) is 0 Å². The lowest BCUT2D eigenvalue weighted by atomic mass is 10.3. The number of sulfonamides is 1. The van der Waals surface area contributed by atoms with E-state index in [0.717, 1.165) is 12.1 Å². The molecule has 1 aromatic carbocycles. The van der Waals surface area contributed by atoms with Crippen LogP contribution < -0.4 is 11.1 Å². The maximum atomic E-state index is 13.3. The SMILES string of the molecule is NC(=O)c1ccsc1NC(=O)CN1CCN(S(=O)(=O)c2ccc(F)c(Cl)c2)CC1. The summed E-state index contributed by atoms with van der Waals surface area (Å²) in [6, 6.07) is 4.81. The van der Waals surface area contributed by atoms with Crippen LogP contribution in [0.25, 0.3) is 0 Å². The number of amides is 2. The second-order valence-corrected chi connectivity index (χ2v) is 9.59. The van der Waals surface area contributed by atoms with E-state index >= 15 is 0 Å². The van der Waals surface area contributed by atoms with Crippen LogP contribution in [0.4, 0.5) is 9.39 Å². The normalized spacial score (nSPS) is 15.9. The first-order valence-corrected chi connectivity index (χ1v) is 11.2. The third kappa shape index (κ3) is 4.93. The molecule has 156 valence electrons. The lowest BCUT2D eigenvalue weighted by Crippen LogP contribution is -2.50. The largest absolute Gasteiger partial charge is 0.366 e. The van der Waals surface area contributed by atoms with E-state index in [9.17, 15) is 22.4 Å². The zero-order valence-corrected chi connectivity index (χ0v) is 17.5. The number of hydrogen-bond acceptors (Lipinski definition) is 6. The first kappa shape index (κ1) is 21.7. The van der Waals surface area contributed by atoms with Crippen molar-refractivity contribution in [2.24, 2.45) is 5.73 Å². The molecule has 0 bridgehead atoms. The second kappa shape index (κ2) is 8.76. The minimum absolute atomic E-state index is 0.0480. The van der Waals surface area contributed by atoms with Gasteiger partial charge in [0, 0.05) is 26.2 Å². The molecular weight excluding hydrogens is 443 g/mol. The highest BCUT2D eigenvalue weighted by molar-refractivity contribution is 7.89. The van der Waals surface area contributed by atoms with Crippen LogP contribution in [0.3, 0.4) is 0 Å². The third-order valence-electron chi connectivity index (χ3n) is 4.41. The van der Waals surface area contributed by atoms with Crippen LogP contribution in [-0.4, -0.2) is 62.2 Å². The molecule has 0 atom stereocenters. The fourth-order valence-corrected chi connectivity index (χ4v) is 5.39. The van der Waals surface area contributed by atoms with E-state index in [0.29, 0.717) is 18.1 Å². The molecule has 1 saturated heterocycles. The number of nitrogens with one attached hydrogen (secondary N) is 1. The molecule has 1 aromatic heterocycles. The Labute approximate surface area is 176 Å². The highest BCUT2D eigenvalue weighted by atomic mass is 35.5. The Morgan fingerprint density at radius 1 is 1.21 bits per heavy atom. The maximum Gasteiger partial charge on any atom is 0.251 e. The number of benzene rings is 1. The van der Waals surface area contributed by atoms with Crippen LogP contribution in [0.5, 0.6) is 0 Å². The first-order chi connectivity index (χ1) is 13.7. The van der Waals surface area contributed by atoms with Crippen molar-refractivity contribution < 1.29 is 22.4 Å². The zero-order valence-electron chi connectivity index (χ0n) is 15.1. The molecule has 1 fully saturated rings. The molecule has 1 aliphatic rings. The number of piperazine rings is 1. The van der Waals surface area contributed by atoms with Gasteiger partial charge in [0.05, 0.1) is 22.0 Å². The number of nitrogens with zero attached hydrogens (tertiary/aromatic N) is 2. The van der Waals surface area contributed by atoms with Gasteiger partial charge in [-0.25, -0.2) is 12.8 Å². The Balaban J connectivity index is 1.57. The van der Waals surface area contributed by atoms with Crippen molar-refractivity contribution in [3.05, 3.63) is 46.0 Å². The predicted molar refractivity (Wildman–Crippen MR) is 108 cm³/mol. The molecule has 1 aliphatic heterocycles. The predicted octanol–water partition coefficient (Wildman–Crippen LogP) is 1.58. The second-order valence-electron chi connectivity index (χ2n) is 6.33. The van der Waals surface area contributed by atoms with Crippen LogP contribution in [0.1, 0.15) is 10.4 Å². The average molecular weight is 461 g/mol. The van der Waals surface area contributed by atoms with E-state index in [4.69, 9.17) is 17.3 Å². The molecule has 2 aromatic rings. The van der Waals surface area contributed by atoms with Gasteiger partial charge in [-0.1, -0.05) is 11.6 Å². The number of primary amides is 1. The van der Waals surface area contributed by atoms with E-state index in [1.807, 2.05) is 0 Å². The molecule has 2 heterocycles. The van der Waals surface area contributed by atoms with Crippen LogP contribution in [-0.2, 0) is 14.8 Å². The summed E-state index contributed by atoms with van der Waals surface area (Å²) < 4.78 is 40.0. The van der Waals surface area contributed by atoms with Crippen LogP contribution >= 0.6 is 22.9 Å². The molecule has 2 amide bonds. The van der Waals surface area contributed by atoms with Gasteiger partial charge in [-0.3, -0.25) is 14.5 Å². The quantitative estimate of drug-likeness (QED) is 0.679. The minimum atomic E-state index is -3.80. The van der Waals surface area contributed by atoms with Gasteiger partial charge in [0.25, 0.3) is 5.91 Å². The van der Waals surface area contributed by atoms with Gasteiger partial charge in [0.1, 0.15) is 10.8 Å². The number of carbonyl (C=O) groups excluding carboxylic acids is 2. The van der Waals surface area contributed by atoms with Crippen molar-refractivity contribution in [1.82, 2.24) is 9.21 Å². The topological polar surface area (TPSA) is 113 Å². The van der Waals surface area contributed by atoms with E-state index in [2.05, 4.69) is 5.32 Å². The van der Waals surface area contributed by atoms with Crippen LogP contribution in [0, 0.1) is 5.82 Å². The molecular formula is C17H18ClFN4O4S2. The summed E-state index contributed by atoms with van der Waals surface area (Å²) in [7, 11) is -3.80. The molecule has 0 aliphatic carbocycles. The fourth-order valence-electron chi connectivity index (χ4n) is 2.88. The van der Waals surface area contributed by atoms with Crippen LogP contribution in [0.15, 0.2) is 34.5 Å². The number of rotatable bonds is 6. The molecule has 29 heavy (non-hydrogen) atoms. The monoisotopic (exact) mass is 460 g/mol. The van der Waals surface area contributed by atoms with E-state index in [-0.39, 0.29) is 41.0 Å². The number of halogens is 2. The molecule has 3 N–H and O–H groups in total. The van der Waals surface area contributed by atoms with E-state index < -0.39 is 21.7 Å². The van der Waals surface area contributed by atoms with Crippen molar-refractivity contribution in [2.45, 2.75) is 4.90 Å². The molecule has 12 heteroatoms. The Morgan fingerprint density at radius 2 is 1.90 bits per heavy atom. The van der Waals surface area contributed by atoms with Gasteiger partial charge in [-0.15, -0.1) is 11.3 Å². The van der Waals surface area contributed by atoms with Gasteiger partial charge in [-0.05, 0) is 29.6 Å². The van der Waals surface area contributed by atoms with Crippen LogP contribution in [0.2, 0.25) is 5.02 Å². The lowest BCUT2D eigenvalue weighted by molar-refractivity contribution is -0.117. The molecule has 3 rings (SSSR count).